The maximum atomic E-state index is 13.4. The summed E-state index contributed by atoms with van der Waals surface area (Å²) in [6.07, 6.45) is 2.41. The Morgan fingerprint density at radius 2 is 1.41 bits per heavy atom. The molecule has 8 heteroatoms. The average Bonchev–Trinajstić information content (AvgIpc) is 3.13. The first kappa shape index (κ1) is 18.6. The molecule has 2 aromatic rings. The molecule has 0 bridgehead atoms. The molecule has 154 valence electrons. The van der Waals surface area contributed by atoms with E-state index in [1.165, 1.54) is 0 Å². The SMILES string of the molecule is O=S(=O)(c1ccc2c(c1)OCCO2)N1CCCC1c1ccc2c(c1)OCCCO2. The monoisotopic (exact) mass is 417 g/mol. The fourth-order valence-corrected chi connectivity index (χ4v) is 5.77. The van der Waals surface area contributed by atoms with Crippen LogP contribution in [0.5, 0.6) is 23.0 Å². The Bertz CT molecular complexity index is 1020. The van der Waals surface area contributed by atoms with Crippen molar-refractivity contribution in [1.82, 2.24) is 4.31 Å². The highest BCUT2D eigenvalue weighted by Gasteiger charge is 2.37. The first-order valence-electron chi connectivity index (χ1n) is 9.94. The van der Waals surface area contributed by atoms with Crippen LogP contribution in [0.3, 0.4) is 0 Å². The molecule has 1 unspecified atom stereocenters. The minimum Gasteiger partial charge on any atom is -0.490 e. The lowest BCUT2D eigenvalue weighted by Crippen LogP contribution is -2.31. The van der Waals surface area contributed by atoms with Gasteiger partial charge in [0.05, 0.1) is 24.2 Å². The van der Waals surface area contributed by atoms with Crippen molar-refractivity contribution in [1.29, 1.82) is 0 Å². The molecule has 1 atom stereocenters. The van der Waals surface area contributed by atoms with Crippen LogP contribution >= 0.6 is 0 Å². The van der Waals surface area contributed by atoms with Crippen LogP contribution < -0.4 is 18.9 Å². The van der Waals surface area contributed by atoms with Crippen molar-refractivity contribution in [2.24, 2.45) is 0 Å². The van der Waals surface area contributed by atoms with Gasteiger partial charge in [-0.15, -0.1) is 0 Å². The van der Waals surface area contributed by atoms with E-state index in [0.717, 1.165) is 24.8 Å². The van der Waals surface area contributed by atoms with Crippen molar-refractivity contribution in [2.45, 2.75) is 30.2 Å². The second-order valence-electron chi connectivity index (χ2n) is 7.34. The molecule has 0 spiro atoms. The second kappa shape index (κ2) is 7.42. The van der Waals surface area contributed by atoms with Crippen LogP contribution in [0.25, 0.3) is 0 Å². The minimum atomic E-state index is -3.67. The molecule has 0 N–H and O–H groups in total. The maximum absolute atomic E-state index is 13.4. The predicted octanol–water partition coefficient (Wildman–Crippen LogP) is 3.14. The Hall–Kier alpha value is -2.45. The maximum Gasteiger partial charge on any atom is 0.243 e. The molecule has 0 aliphatic carbocycles. The van der Waals surface area contributed by atoms with Crippen LogP contribution in [0, 0.1) is 0 Å². The molecule has 3 aliphatic rings. The largest absolute Gasteiger partial charge is 0.490 e. The third-order valence-electron chi connectivity index (χ3n) is 5.48. The highest BCUT2D eigenvalue weighted by molar-refractivity contribution is 7.89. The molecule has 2 aromatic carbocycles. The van der Waals surface area contributed by atoms with Crippen molar-refractivity contribution < 1.29 is 27.4 Å². The minimum absolute atomic E-state index is 0.225. The topological polar surface area (TPSA) is 74.3 Å². The van der Waals surface area contributed by atoms with Crippen molar-refractivity contribution in [2.75, 3.05) is 33.0 Å². The zero-order chi connectivity index (χ0) is 19.8. The fourth-order valence-electron chi connectivity index (χ4n) is 4.07. The smallest absolute Gasteiger partial charge is 0.243 e. The number of sulfonamides is 1. The van der Waals surface area contributed by atoms with Crippen LogP contribution in [0.1, 0.15) is 30.9 Å². The molecule has 1 fully saturated rings. The molecule has 29 heavy (non-hydrogen) atoms. The molecule has 0 aromatic heterocycles. The third-order valence-corrected chi connectivity index (χ3v) is 7.38. The molecule has 0 radical (unpaired) electrons. The van der Waals surface area contributed by atoms with E-state index < -0.39 is 10.0 Å². The van der Waals surface area contributed by atoms with E-state index in [4.69, 9.17) is 18.9 Å². The molecule has 3 aliphatic heterocycles. The number of hydrogen-bond acceptors (Lipinski definition) is 6. The van der Waals surface area contributed by atoms with Crippen LogP contribution in [0.2, 0.25) is 0 Å². The molecule has 0 saturated carbocycles. The Balaban J connectivity index is 1.47. The number of benzene rings is 2. The Labute approximate surface area is 170 Å². The van der Waals surface area contributed by atoms with Gasteiger partial charge in [0.15, 0.2) is 23.0 Å². The number of ether oxygens (including phenoxy) is 4. The van der Waals surface area contributed by atoms with E-state index in [2.05, 4.69) is 0 Å². The van der Waals surface area contributed by atoms with Crippen molar-refractivity contribution in [3.05, 3.63) is 42.0 Å². The van der Waals surface area contributed by atoms with Gasteiger partial charge in [0.25, 0.3) is 0 Å². The molecule has 0 amide bonds. The van der Waals surface area contributed by atoms with Gasteiger partial charge in [0.1, 0.15) is 13.2 Å². The fraction of sp³-hybridized carbons (Fsp3) is 0.429. The van der Waals surface area contributed by atoms with Gasteiger partial charge in [-0.1, -0.05) is 6.07 Å². The molecule has 5 rings (SSSR count). The van der Waals surface area contributed by atoms with Crippen molar-refractivity contribution in [3.8, 4) is 23.0 Å². The Morgan fingerprint density at radius 3 is 2.24 bits per heavy atom. The van der Waals surface area contributed by atoms with E-state index in [1.807, 2.05) is 18.2 Å². The number of nitrogens with zero attached hydrogens (tertiary/aromatic N) is 1. The molecule has 3 heterocycles. The summed E-state index contributed by atoms with van der Waals surface area (Å²) in [5.74, 6) is 2.45. The van der Waals surface area contributed by atoms with Gasteiger partial charge >= 0.3 is 0 Å². The van der Waals surface area contributed by atoms with E-state index in [0.29, 0.717) is 56.0 Å². The summed E-state index contributed by atoms with van der Waals surface area (Å²) >= 11 is 0. The lowest BCUT2D eigenvalue weighted by molar-refractivity contribution is 0.171. The highest BCUT2D eigenvalue weighted by atomic mass is 32.2. The normalized spacial score (nSPS) is 21.6. The van der Waals surface area contributed by atoms with E-state index in [9.17, 15) is 8.42 Å². The van der Waals surface area contributed by atoms with E-state index in [1.54, 1.807) is 22.5 Å². The number of fused-ring (bicyclic) bond motifs is 2. The van der Waals surface area contributed by atoms with Crippen LogP contribution in [-0.2, 0) is 10.0 Å². The van der Waals surface area contributed by atoms with E-state index in [-0.39, 0.29) is 10.9 Å². The Kier molecular flexibility index (Phi) is 4.75. The van der Waals surface area contributed by atoms with Gasteiger partial charge < -0.3 is 18.9 Å². The van der Waals surface area contributed by atoms with Crippen molar-refractivity contribution >= 4 is 10.0 Å². The van der Waals surface area contributed by atoms with Crippen molar-refractivity contribution in [3.63, 3.8) is 0 Å². The quantitative estimate of drug-likeness (QED) is 0.764. The average molecular weight is 417 g/mol. The van der Waals surface area contributed by atoms with Crippen LogP contribution in [0.4, 0.5) is 0 Å². The molecular weight excluding hydrogens is 394 g/mol. The van der Waals surface area contributed by atoms with Gasteiger partial charge in [-0.2, -0.15) is 4.31 Å². The second-order valence-corrected chi connectivity index (χ2v) is 9.23. The van der Waals surface area contributed by atoms with Crippen LogP contribution in [-0.4, -0.2) is 45.7 Å². The summed E-state index contributed by atoms with van der Waals surface area (Å²) in [5.41, 5.74) is 0.924. The van der Waals surface area contributed by atoms with Gasteiger partial charge in [0, 0.05) is 19.0 Å². The molecule has 1 saturated heterocycles. The lowest BCUT2D eigenvalue weighted by atomic mass is 10.0. The number of rotatable bonds is 3. The highest BCUT2D eigenvalue weighted by Crippen LogP contribution is 2.41. The first-order valence-corrected chi connectivity index (χ1v) is 11.4. The zero-order valence-corrected chi connectivity index (χ0v) is 16.8. The molecule has 7 nitrogen and oxygen atoms in total. The Morgan fingerprint density at radius 1 is 0.759 bits per heavy atom. The summed E-state index contributed by atoms with van der Waals surface area (Å²) < 4.78 is 51.0. The van der Waals surface area contributed by atoms with E-state index >= 15 is 0 Å². The predicted molar refractivity (Wildman–Crippen MR) is 105 cm³/mol. The van der Waals surface area contributed by atoms with Gasteiger partial charge in [-0.3, -0.25) is 0 Å². The summed E-state index contributed by atoms with van der Waals surface area (Å²) in [5, 5.41) is 0. The summed E-state index contributed by atoms with van der Waals surface area (Å²) in [6, 6.07) is 10.3. The summed E-state index contributed by atoms with van der Waals surface area (Å²) in [4.78, 5) is 0.225. The standard InChI is InChI=1S/C21H23NO6S/c23-29(24,16-5-7-19-21(14-16)28-12-11-27-19)22-8-1-3-17(22)15-4-6-18-20(13-15)26-10-2-9-25-18/h4-7,13-14,17H,1-3,8-12H2. The van der Waals surface area contributed by atoms with Crippen LogP contribution in [0.15, 0.2) is 41.3 Å². The first-order chi connectivity index (χ1) is 14.1. The van der Waals surface area contributed by atoms with Gasteiger partial charge in [-0.25, -0.2) is 8.42 Å². The lowest BCUT2D eigenvalue weighted by Gasteiger charge is -2.26. The van der Waals surface area contributed by atoms with Gasteiger partial charge in [-0.05, 0) is 42.7 Å². The summed E-state index contributed by atoms with van der Waals surface area (Å²) in [7, 11) is -3.67. The summed E-state index contributed by atoms with van der Waals surface area (Å²) in [6.45, 7) is 2.59. The number of hydrogen-bond donors (Lipinski definition) is 0. The third kappa shape index (κ3) is 3.40. The zero-order valence-electron chi connectivity index (χ0n) is 16.0. The molecular formula is C21H23NO6S. The van der Waals surface area contributed by atoms with Gasteiger partial charge in [0.2, 0.25) is 10.0 Å².